The molecule has 0 saturated carbocycles. The van der Waals surface area contributed by atoms with E-state index in [1.54, 1.807) is 0 Å². The van der Waals surface area contributed by atoms with E-state index in [0.29, 0.717) is 10.3 Å². The van der Waals surface area contributed by atoms with Gasteiger partial charge in [-0.2, -0.15) is 0 Å². The van der Waals surface area contributed by atoms with Crippen molar-refractivity contribution in [3.8, 4) is 0 Å². The van der Waals surface area contributed by atoms with Crippen LogP contribution in [-0.4, -0.2) is 25.2 Å². The summed E-state index contributed by atoms with van der Waals surface area (Å²) in [4.78, 5) is 3.19. The third-order valence-corrected chi connectivity index (χ3v) is 9.26. The Morgan fingerprint density at radius 1 is 1.00 bits per heavy atom. The van der Waals surface area contributed by atoms with Gasteiger partial charge in [-0.3, -0.25) is 0 Å². The summed E-state index contributed by atoms with van der Waals surface area (Å²) in [6.07, 6.45) is 0. The standard InChI is InChI=1S/C15H27GeN/c1-15(2,3)14(16(4,5)6)17(7)13-11-9-8-10-12-13/h8-12,14H,1-7H3. The topological polar surface area (TPSA) is 3.24 Å². The average Bonchev–Trinajstić information content (AvgIpc) is 2.14. The zero-order chi connectivity index (χ0) is 13.3. The Kier molecular flexibility index (Phi) is 4.34. The molecule has 0 N–H and O–H groups in total. The van der Waals surface area contributed by atoms with Crippen molar-refractivity contribution in [1.82, 2.24) is 0 Å². The molecule has 0 aliphatic carbocycles. The van der Waals surface area contributed by atoms with Gasteiger partial charge in [-0.05, 0) is 0 Å². The maximum absolute atomic E-state index is 2.51. The van der Waals surface area contributed by atoms with E-state index < -0.39 is 13.3 Å². The molecular formula is C15H27GeN. The molecule has 0 spiro atoms. The zero-order valence-electron chi connectivity index (χ0n) is 12.4. The fourth-order valence-corrected chi connectivity index (χ4v) is 11.5. The summed E-state index contributed by atoms with van der Waals surface area (Å²) in [7, 11) is 2.25. The Bertz CT molecular complexity index is 331. The Labute approximate surface area is 110 Å². The van der Waals surface area contributed by atoms with Crippen LogP contribution in [0.2, 0.25) is 17.3 Å². The number of rotatable bonds is 3. The molecule has 0 amide bonds. The summed E-state index contributed by atoms with van der Waals surface area (Å²) in [5, 5.41) is 0. The van der Waals surface area contributed by atoms with Crippen molar-refractivity contribution < 1.29 is 0 Å². The molecule has 1 aromatic rings. The van der Waals surface area contributed by atoms with E-state index in [0.717, 1.165) is 0 Å². The number of para-hydroxylation sites is 1. The molecule has 0 aromatic heterocycles. The van der Waals surface area contributed by atoms with E-state index in [-0.39, 0.29) is 0 Å². The fraction of sp³-hybridized carbons (Fsp3) is 0.600. The summed E-state index contributed by atoms with van der Waals surface area (Å²) in [5.41, 5.74) is 1.68. The van der Waals surface area contributed by atoms with Gasteiger partial charge in [-0.15, -0.1) is 0 Å². The van der Waals surface area contributed by atoms with E-state index in [9.17, 15) is 0 Å². The molecule has 0 fully saturated rings. The van der Waals surface area contributed by atoms with Crippen molar-refractivity contribution in [2.24, 2.45) is 5.41 Å². The summed E-state index contributed by atoms with van der Waals surface area (Å²) >= 11 is -1.77. The summed E-state index contributed by atoms with van der Waals surface area (Å²) in [5.74, 6) is 7.53. The number of benzene rings is 1. The minimum atomic E-state index is -1.77. The molecular weight excluding hydrogens is 267 g/mol. The van der Waals surface area contributed by atoms with Gasteiger partial charge < -0.3 is 0 Å². The maximum atomic E-state index is 2.51. The molecule has 0 bridgehead atoms. The molecule has 0 saturated heterocycles. The van der Waals surface area contributed by atoms with Crippen molar-refractivity contribution in [1.29, 1.82) is 0 Å². The van der Waals surface area contributed by atoms with Gasteiger partial charge in [0.1, 0.15) is 0 Å². The van der Waals surface area contributed by atoms with Gasteiger partial charge in [0.15, 0.2) is 0 Å². The van der Waals surface area contributed by atoms with Crippen LogP contribution in [0, 0.1) is 5.41 Å². The molecule has 0 aliphatic heterocycles. The van der Waals surface area contributed by atoms with Gasteiger partial charge in [0.25, 0.3) is 0 Å². The van der Waals surface area contributed by atoms with E-state index in [1.807, 2.05) is 0 Å². The normalized spacial score (nSPS) is 14.5. The van der Waals surface area contributed by atoms with E-state index in [2.05, 4.69) is 80.3 Å². The SMILES string of the molecule is CN(c1ccccc1)[CH](C(C)(C)C)[Ge]([CH3])([CH3])[CH3]. The van der Waals surface area contributed by atoms with Crippen LogP contribution in [0.25, 0.3) is 0 Å². The van der Waals surface area contributed by atoms with Gasteiger partial charge in [-0.1, -0.05) is 0 Å². The monoisotopic (exact) mass is 295 g/mol. The summed E-state index contributed by atoms with van der Waals surface area (Å²) in [6.45, 7) is 7.11. The predicted molar refractivity (Wildman–Crippen MR) is 81.4 cm³/mol. The van der Waals surface area contributed by atoms with Crippen LogP contribution in [0.1, 0.15) is 20.8 Å². The Balaban J connectivity index is 3.09. The van der Waals surface area contributed by atoms with Crippen LogP contribution in [0.3, 0.4) is 0 Å². The molecule has 17 heavy (non-hydrogen) atoms. The number of hydrogen-bond donors (Lipinski definition) is 0. The minimum absolute atomic E-state index is 0.336. The third kappa shape index (κ3) is 3.77. The zero-order valence-corrected chi connectivity index (χ0v) is 14.5. The third-order valence-electron chi connectivity index (χ3n) is 3.19. The van der Waals surface area contributed by atoms with E-state index in [1.165, 1.54) is 5.69 Å². The van der Waals surface area contributed by atoms with Crippen LogP contribution in [0.5, 0.6) is 0 Å². The Morgan fingerprint density at radius 3 is 1.82 bits per heavy atom. The first-order chi connectivity index (χ1) is 7.64. The van der Waals surface area contributed by atoms with Crippen LogP contribution < -0.4 is 4.90 Å². The molecule has 96 valence electrons. The first kappa shape index (κ1) is 14.6. The average molecular weight is 294 g/mol. The van der Waals surface area contributed by atoms with Crippen LogP contribution in [-0.2, 0) is 0 Å². The molecule has 1 atom stereocenters. The Morgan fingerprint density at radius 2 is 1.47 bits per heavy atom. The molecule has 1 rings (SSSR count). The molecule has 0 radical (unpaired) electrons. The van der Waals surface area contributed by atoms with Gasteiger partial charge in [0.2, 0.25) is 0 Å². The second-order valence-electron chi connectivity index (χ2n) is 7.08. The summed E-state index contributed by atoms with van der Waals surface area (Å²) in [6, 6.07) is 10.8. The first-order valence-electron chi connectivity index (χ1n) is 6.42. The van der Waals surface area contributed by atoms with Crippen LogP contribution in [0.15, 0.2) is 30.3 Å². The van der Waals surface area contributed by atoms with Crippen LogP contribution >= 0.6 is 0 Å². The van der Waals surface area contributed by atoms with Crippen molar-refractivity contribution in [3.63, 3.8) is 0 Å². The Hall–Kier alpha value is -0.437. The first-order valence-corrected chi connectivity index (χ1v) is 13.9. The van der Waals surface area contributed by atoms with Crippen molar-refractivity contribution in [2.45, 2.75) is 42.9 Å². The molecule has 0 heterocycles. The van der Waals surface area contributed by atoms with Crippen molar-refractivity contribution in [3.05, 3.63) is 30.3 Å². The van der Waals surface area contributed by atoms with Gasteiger partial charge in [0.05, 0.1) is 0 Å². The van der Waals surface area contributed by atoms with E-state index in [4.69, 9.17) is 0 Å². The number of nitrogens with zero attached hydrogens (tertiary/aromatic N) is 1. The molecule has 0 aliphatic rings. The molecule has 1 unspecified atom stereocenters. The van der Waals surface area contributed by atoms with Crippen molar-refractivity contribution in [2.75, 3.05) is 11.9 Å². The quantitative estimate of drug-likeness (QED) is 0.746. The molecule has 1 nitrogen and oxygen atoms in total. The predicted octanol–water partition coefficient (Wildman–Crippen LogP) is 4.41. The number of anilines is 1. The van der Waals surface area contributed by atoms with Crippen LogP contribution in [0.4, 0.5) is 5.69 Å². The van der Waals surface area contributed by atoms with Crippen molar-refractivity contribution >= 4 is 19.0 Å². The second-order valence-corrected chi connectivity index (χ2v) is 18.2. The molecule has 1 aromatic carbocycles. The van der Waals surface area contributed by atoms with Gasteiger partial charge in [0, 0.05) is 0 Å². The van der Waals surface area contributed by atoms with Gasteiger partial charge in [-0.25, -0.2) is 0 Å². The second kappa shape index (κ2) is 5.05. The fourth-order valence-electron chi connectivity index (χ4n) is 3.27. The van der Waals surface area contributed by atoms with E-state index >= 15 is 0 Å². The molecule has 2 heteroatoms. The summed E-state index contributed by atoms with van der Waals surface area (Å²) < 4.78 is 0. The van der Waals surface area contributed by atoms with Gasteiger partial charge >= 0.3 is 110 Å². The number of hydrogen-bond acceptors (Lipinski definition) is 1.